The number of rotatable bonds is 6. The van der Waals surface area contributed by atoms with Crippen LogP contribution in [0.2, 0.25) is 9.36 Å². The fourth-order valence-corrected chi connectivity index (χ4v) is 2.59. The van der Waals surface area contributed by atoms with E-state index >= 15 is 0 Å². The predicted octanol–water partition coefficient (Wildman–Crippen LogP) is 4.85. The third kappa shape index (κ3) is 4.27. The van der Waals surface area contributed by atoms with E-state index in [1.54, 1.807) is 6.20 Å². The Morgan fingerprint density at radius 3 is 2.89 bits per heavy atom. The van der Waals surface area contributed by atoms with Crippen molar-refractivity contribution in [1.29, 1.82) is 0 Å². The van der Waals surface area contributed by atoms with Gasteiger partial charge >= 0.3 is 0 Å². The third-order valence-electron chi connectivity index (χ3n) is 2.36. The van der Waals surface area contributed by atoms with E-state index in [9.17, 15) is 0 Å². The second kappa shape index (κ2) is 6.98. The zero-order valence-corrected chi connectivity index (χ0v) is 12.8. The summed E-state index contributed by atoms with van der Waals surface area (Å²) in [6.07, 6.45) is 2.61. The highest BCUT2D eigenvalue weighted by Gasteiger charge is 2.06. The maximum absolute atomic E-state index is 6.01. The molecule has 1 aromatic heterocycles. The predicted molar refractivity (Wildman–Crippen MR) is 81.7 cm³/mol. The number of thiazole rings is 1. The van der Waals surface area contributed by atoms with E-state index in [0.717, 1.165) is 22.9 Å². The van der Waals surface area contributed by atoms with Crippen LogP contribution in [-0.4, -0.2) is 11.6 Å². The lowest BCUT2D eigenvalue weighted by atomic mass is 10.3. The summed E-state index contributed by atoms with van der Waals surface area (Å²) in [6.45, 7) is 3.35. The molecule has 19 heavy (non-hydrogen) atoms. The molecule has 2 aromatic rings. The molecule has 0 aliphatic carbocycles. The molecule has 2 rings (SSSR count). The number of hydrogen-bond acceptors (Lipinski definition) is 4. The highest BCUT2D eigenvalue weighted by molar-refractivity contribution is 7.15. The van der Waals surface area contributed by atoms with Gasteiger partial charge in [0, 0.05) is 5.02 Å². The van der Waals surface area contributed by atoms with Crippen LogP contribution in [0.3, 0.4) is 0 Å². The Labute approximate surface area is 126 Å². The molecule has 0 saturated carbocycles. The van der Waals surface area contributed by atoms with Gasteiger partial charge in [-0.25, -0.2) is 4.98 Å². The van der Waals surface area contributed by atoms with Gasteiger partial charge in [-0.1, -0.05) is 30.1 Å². The van der Waals surface area contributed by atoms with Crippen molar-refractivity contribution in [2.75, 3.05) is 11.9 Å². The second-order valence-corrected chi connectivity index (χ2v) is 6.08. The molecule has 0 amide bonds. The van der Waals surface area contributed by atoms with Crippen molar-refractivity contribution in [3.05, 3.63) is 38.8 Å². The normalized spacial score (nSPS) is 10.5. The molecule has 0 saturated heterocycles. The molecule has 6 heteroatoms. The number of anilines is 1. The molecule has 0 aliphatic rings. The van der Waals surface area contributed by atoms with E-state index in [-0.39, 0.29) is 0 Å². The molecule has 1 aromatic carbocycles. The number of nitrogens with one attached hydrogen (secondary N) is 1. The van der Waals surface area contributed by atoms with Crippen LogP contribution in [0.15, 0.2) is 24.4 Å². The Morgan fingerprint density at radius 1 is 1.37 bits per heavy atom. The first-order valence-corrected chi connectivity index (χ1v) is 7.52. The van der Waals surface area contributed by atoms with Gasteiger partial charge in [-0.2, -0.15) is 0 Å². The quantitative estimate of drug-likeness (QED) is 0.827. The van der Waals surface area contributed by atoms with Crippen molar-refractivity contribution < 1.29 is 4.74 Å². The topological polar surface area (TPSA) is 34.1 Å². The van der Waals surface area contributed by atoms with Crippen molar-refractivity contribution >= 4 is 40.2 Å². The molecule has 0 aliphatic heterocycles. The highest BCUT2D eigenvalue weighted by atomic mass is 35.5. The Morgan fingerprint density at radius 2 is 2.21 bits per heavy atom. The van der Waals surface area contributed by atoms with E-state index in [2.05, 4.69) is 17.2 Å². The first-order chi connectivity index (χ1) is 9.19. The summed E-state index contributed by atoms with van der Waals surface area (Å²) >= 11 is 13.3. The first kappa shape index (κ1) is 14.4. The second-order valence-electron chi connectivity index (χ2n) is 3.90. The van der Waals surface area contributed by atoms with Crippen molar-refractivity contribution in [2.24, 2.45) is 0 Å². The fraction of sp³-hybridized carbons (Fsp3) is 0.308. The summed E-state index contributed by atoms with van der Waals surface area (Å²) in [6, 6.07) is 5.54. The minimum atomic E-state index is 0.597. The van der Waals surface area contributed by atoms with E-state index in [1.807, 2.05) is 18.2 Å². The largest absolute Gasteiger partial charge is 0.491 e. The van der Waals surface area contributed by atoms with E-state index in [4.69, 9.17) is 27.9 Å². The van der Waals surface area contributed by atoms with Gasteiger partial charge in [0.25, 0.3) is 0 Å². The summed E-state index contributed by atoms with van der Waals surface area (Å²) in [4.78, 5) is 4.20. The number of aromatic nitrogens is 1. The van der Waals surface area contributed by atoms with Gasteiger partial charge in [0.2, 0.25) is 0 Å². The average molecular weight is 317 g/mol. The van der Waals surface area contributed by atoms with Crippen LogP contribution in [0.4, 0.5) is 5.69 Å². The molecular weight excluding hydrogens is 303 g/mol. The molecule has 0 radical (unpaired) electrons. The van der Waals surface area contributed by atoms with E-state index in [1.165, 1.54) is 11.3 Å². The Kier molecular flexibility index (Phi) is 5.31. The van der Waals surface area contributed by atoms with Gasteiger partial charge in [0.05, 0.1) is 25.0 Å². The fourth-order valence-electron chi connectivity index (χ4n) is 1.52. The monoisotopic (exact) mass is 316 g/mol. The van der Waals surface area contributed by atoms with Crippen LogP contribution < -0.4 is 10.1 Å². The lowest BCUT2D eigenvalue weighted by molar-refractivity contribution is 0.319. The molecule has 1 N–H and O–H groups in total. The summed E-state index contributed by atoms with van der Waals surface area (Å²) in [5.41, 5.74) is 0.868. The molecule has 0 fully saturated rings. The van der Waals surface area contributed by atoms with Gasteiger partial charge in [-0.15, -0.1) is 11.3 Å². The van der Waals surface area contributed by atoms with Crippen LogP contribution in [0.5, 0.6) is 5.75 Å². The van der Waals surface area contributed by atoms with E-state index in [0.29, 0.717) is 22.5 Å². The zero-order valence-electron chi connectivity index (χ0n) is 10.5. The van der Waals surface area contributed by atoms with Gasteiger partial charge in [-0.3, -0.25) is 0 Å². The lowest BCUT2D eigenvalue weighted by Gasteiger charge is -2.12. The molecule has 0 atom stereocenters. The zero-order chi connectivity index (χ0) is 13.7. The van der Waals surface area contributed by atoms with Crippen LogP contribution in [0.25, 0.3) is 0 Å². The smallest absolute Gasteiger partial charge is 0.142 e. The van der Waals surface area contributed by atoms with Crippen LogP contribution in [-0.2, 0) is 6.54 Å². The van der Waals surface area contributed by atoms with Crippen molar-refractivity contribution in [3.63, 3.8) is 0 Å². The maximum atomic E-state index is 6.01. The molecule has 0 spiro atoms. The highest BCUT2D eigenvalue weighted by Crippen LogP contribution is 2.29. The average Bonchev–Trinajstić information content (AvgIpc) is 2.81. The number of ether oxygens (including phenoxy) is 1. The number of hydrogen-bond donors (Lipinski definition) is 1. The summed E-state index contributed by atoms with van der Waals surface area (Å²) in [5.74, 6) is 0.800. The molecule has 3 nitrogen and oxygen atoms in total. The van der Waals surface area contributed by atoms with Crippen LogP contribution in [0, 0.1) is 0 Å². The van der Waals surface area contributed by atoms with Crippen molar-refractivity contribution in [1.82, 2.24) is 4.98 Å². The van der Waals surface area contributed by atoms with Crippen molar-refractivity contribution in [3.8, 4) is 5.75 Å². The summed E-state index contributed by atoms with van der Waals surface area (Å²) in [5, 5.41) is 4.86. The number of halogens is 2. The maximum Gasteiger partial charge on any atom is 0.142 e. The molecular formula is C13H14Cl2N2OS. The standard InChI is InChI=1S/C13H14Cl2N2OS/c1-2-5-18-11-4-3-9(14)6-10(11)16-8-13-17-7-12(15)19-13/h3-4,6-7,16H,2,5,8H2,1H3. The van der Waals surface area contributed by atoms with E-state index < -0.39 is 0 Å². The minimum Gasteiger partial charge on any atom is -0.491 e. The van der Waals surface area contributed by atoms with Crippen LogP contribution >= 0.6 is 34.5 Å². The molecule has 0 bridgehead atoms. The Balaban J connectivity index is 2.06. The molecule has 102 valence electrons. The first-order valence-electron chi connectivity index (χ1n) is 5.95. The molecule has 0 unspecified atom stereocenters. The Hall–Kier alpha value is -0.970. The Bertz CT molecular complexity index is 545. The van der Waals surface area contributed by atoms with Gasteiger partial charge < -0.3 is 10.1 Å². The van der Waals surface area contributed by atoms with Gasteiger partial charge in [0.1, 0.15) is 15.1 Å². The van der Waals surface area contributed by atoms with Crippen molar-refractivity contribution in [2.45, 2.75) is 19.9 Å². The van der Waals surface area contributed by atoms with Crippen LogP contribution in [0.1, 0.15) is 18.4 Å². The minimum absolute atomic E-state index is 0.597. The van der Waals surface area contributed by atoms with Gasteiger partial charge in [-0.05, 0) is 24.6 Å². The number of benzene rings is 1. The van der Waals surface area contributed by atoms with Gasteiger partial charge in [0.15, 0.2) is 0 Å². The number of nitrogens with zero attached hydrogens (tertiary/aromatic N) is 1. The third-order valence-corrected chi connectivity index (χ3v) is 3.71. The lowest BCUT2D eigenvalue weighted by Crippen LogP contribution is -2.03. The summed E-state index contributed by atoms with van der Waals surface area (Å²) < 4.78 is 6.36. The molecule has 1 heterocycles. The SMILES string of the molecule is CCCOc1ccc(Cl)cc1NCc1ncc(Cl)s1. The summed E-state index contributed by atoms with van der Waals surface area (Å²) in [7, 11) is 0.